The number of likely N-dealkylation sites (N-methyl/N-ethyl adjacent to an activating group) is 1. The summed E-state index contributed by atoms with van der Waals surface area (Å²) in [5.74, 6) is -2.35. The monoisotopic (exact) mass is 408 g/mol. The average Bonchev–Trinajstić information content (AvgIpc) is 3.23. The Bertz CT molecular complexity index is 887. The topological polar surface area (TPSA) is 97.1 Å². The van der Waals surface area contributed by atoms with E-state index in [1.54, 1.807) is 7.05 Å². The first kappa shape index (κ1) is 20.7. The second-order valence-electron chi connectivity index (χ2n) is 6.04. The molecule has 11 heteroatoms. The van der Waals surface area contributed by atoms with Crippen molar-refractivity contribution in [2.75, 3.05) is 7.05 Å². The van der Waals surface area contributed by atoms with Crippen molar-refractivity contribution in [3.05, 3.63) is 29.6 Å². The van der Waals surface area contributed by atoms with Crippen LogP contribution in [0, 0.1) is 11.6 Å². The first-order chi connectivity index (χ1) is 11.8. The normalized spacial score (nSPS) is 15.5. The lowest BCUT2D eigenvalue weighted by Crippen LogP contribution is -2.26. The lowest BCUT2D eigenvalue weighted by atomic mass is 10.2. The van der Waals surface area contributed by atoms with E-state index in [-0.39, 0.29) is 30.3 Å². The molecule has 1 aromatic carbocycles. The van der Waals surface area contributed by atoms with Gasteiger partial charge in [-0.05, 0) is 38.9 Å². The van der Waals surface area contributed by atoms with Crippen LogP contribution in [0.25, 0.3) is 11.5 Å². The van der Waals surface area contributed by atoms with Crippen molar-refractivity contribution in [1.29, 1.82) is 0 Å². The number of aromatic nitrogens is 2. The fraction of sp³-hybridized carbons (Fsp3) is 0.467. The fourth-order valence-corrected chi connectivity index (χ4v) is 3.62. The summed E-state index contributed by atoms with van der Waals surface area (Å²) in [5.41, 5.74) is -0.644. The Kier molecular flexibility index (Phi) is 6.33. The standard InChI is InChI=1S/C15H18F2N4O3S.ClH/c1-8(18-2)7-12-19-15(24-20-12)13-10(16)5-6-11(14(13)17)25(22,23)21-9-3-4-9;/h5-6,8-9,18,21H,3-4,7H2,1-2H3;1H. The van der Waals surface area contributed by atoms with Gasteiger partial charge >= 0.3 is 0 Å². The van der Waals surface area contributed by atoms with Gasteiger partial charge in [0.2, 0.25) is 10.0 Å². The summed E-state index contributed by atoms with van der Waals surface area (Å²) < 4.78 is 60.6. The summed E-state index contributed by atoms with van der Waals surface area (Å²) in [5, 5.41) is 6.67. The van der Waals surface area contributed by atoms with Crippen LogP contribution in [-0.4, -0.2) is 37.7 Å². The fourth-order valence-electron chi connectivity index (χ4n) is 2.24. The molecular weight excluding hydrogens is 390 g/mol. The van der Waals surface area contributed by atoms with Crippen LogP contribution in [0.5, 0.6) is 0 Å². The number of hydrogen-bond donors (Lipinski definition) is 2. The van der Waals surface area contributed by atoms with Crippen LogP contribution in [0.1, 0.15) is 25.6 Å². The second-order valence-corrected chi connectivity index (χ2v) is 7.72. The maximum atomic E-state index is 14.7. The van der Waals surface area contributed by atoms with Crippen molar-refractivity contribution in [3.63, 3.8) is 0 Å². The molecule has 1 atom stereocenters. The molecule has 0 bridgehead atoms. The number of rotatable bonds is 7. The van der Waals surface area contributed by atoms with E-state index in [1.807, 2.05) is 6.92 Å². The molecule has 0 saturated heterocycles. The first-order valence-corrected chi connectivity index (χ1v) is 9.30. The third-order valence-electron chi connectivity index (χ3n) is 3.91. The van der Waals surface area contributed by atoms with Gasteiger partial charge in [0.05, 0.1) is 0 Å². The SMILES string of the molecule is CNC(C)Cc1noc(-c2c(F)ccc(S(=O)(=O)NC3CC3)c2F)n1.Cl. The molecule has 26 heavy (non-hydrogen) atoms. The van der Waals surface area contributed by atoms with Gasteiger partial charge in [0.1, 0.15) is 16.3 Å². The van der Waals surface area contributed by atoms with Gasteiger partial charge in [0.15, 0.2) is 11.6 Å². The van der Waals surface area contributed by atoms with Crippen molar-refractivity contribution in [1.82, 2.24) is 20.2 Å². The van der Waals surface area contributed by atoms with Crippen molar-refractivity contribution < 1.29 is 21.7 Å². The molecule has 0 amide bonds. The van der Waals surface area contributed by atoms with E-state index >= 15 is 0 Å². The summed E-state index contributed by atoms with van der Waals surface area (Å²) in [6.07, 6.45) is 1.79. The minimum atomic E-state index is -4.08. The molecule has 1 aromatic heterocycles. The van der Waals surface area contributed by atoms with Gasteiger partial charge in [-0.2, -0.15) is 4.98 Å². The predicted molar refractivity (Wildman–Crippen MR) is 92.5 cm³/mol. The third kappa shape index (κ3) is 4.37. The molecule has 7 nitrogen and oxygen atoms in total. The number of nitrogens with zero attached hydrogens (tertiary/aromatic N) is 2. The number of halogens is 3. The van der Waals surface area contributed by atoms with Gasteiger partial charge in [-0.25, -0.2) is 21.9 Å². The van der Waals surface area contributed by atoms with Crippen LogP contribution in [0.2, 0.25) is 0 Å². The van der Waals surface area contributed by atoms with Crippen LogP contribution >= 0.6 is 12.4 Å². The molecule has 0 spiro atoms. The number of nitrogens with one attached hydrogen (secondary N) is 2. The van der Waals surface area contributed by atoms with Gasteiger partial charge in [-0.1, -0.05) is 5.16 Å². The zero-order chi connectivity index (χ0) is 18.2. The summed E-state index contributed by atoms with van der Waals surface area (Å²) in [4.78, 5) is 3.33. The van der Waals surface area contributed by atoms with Crippen LogP contribution in [0.3, 0.4) is 0 Å². The first-order valence-electron chi connectivity index (χ1n) is 7.82. The number of benzene rings is 1. The lowest BCUT2D eigenvalue weighted by molar-refractivity contribution is 0.412. The van der Waals surface area contributed by atoms with Gasteiger partial charge in [-0.3, -0.25) is 0 Å². The molecule has 2 N–H and O–H groups in total. The maximum Gasteiger partial charge on any atom is 0.263 e. The maximum absolute atomic E-state index is 14.7. The average molecular weight is 409 g/mol. The Morgan fingerprint density at radius 3 is 2.65 bits per heavy atom. The van der Waals surface area contributed by atoms with Crippen molar-refractivity contribution in [3.8, 4) is 11.5 Å². The van der Waals surface area contributed by atoms with Crippen LogP contribution in [0.15, 0.2) is 21.6 Å². The highest BCUT2D eigenvalue weighted by Gasteiger charge is 2.32. The Balaban J connectivity index is 0.00000243. The van der Waals surface area contributed by atoms with Gasteiger partial charge < -0.3 is 9.84 Å². The van der Waals surface area contributed by atoms with E-state index in [2.05, 4.69) is 20.2 Å². The number of sulfonamides is 1. The molecule has 1 heterocycles. The second kappa shape index (κ2) is 7.95. The van der Waals surface area contributed by atoms with Crippen LogP contribution in [-0.2, 0) is 16.4 Å². The molecular formula is C15H19ClF2N4O3S. The Labute approximate surface area is 156 Å². The minimum absolute atomic E-state index is 0. The molecule has 144 valence electrons. The molecule has 1 fully saturated rings. The quantitative estimate of drug-likeness (QED) is 0.727. The summed E-state index contributed by atoms with van der Waals surface area (Å²) in [6.45, 7) is 1.88. The predicted octanol–water partition coefficient (Wildman–Crippen LogP) is 2.03. The minimum Gasteiger partial charge on any atom is -0.334 e. The van der Waals surface area contributed by atoms with Gasteiger partial charge in [-0.15, -0.1) is 12.4 Å². The van der Waals surface area contributed by atoms with Gasteiger partial charge in [0.25, 0.3) is 5.89 Å². The molecule has 1 unspecified atom stereocenters. The van der Waals surface area contributed by atoms with E-state index in [1.165, 1.54) is 0 Å². The van der Waals surface area contributed by atoms with Crippen molar-refractivity contribution in [2.24, 2.45) is 0 Å². The van der Waals surface area contributed by atoms with Crippen molar-refractivity contribution in [2.45, 2.75) is 43.2 Å². The Hall–Kier alpha value is -1.62. The van der Waals surface area contributed by atoms with E-state index in [9.17, 15) is 17.2 Å². The van der Waals surface area contributed by atoms with Crippen LogP contribution in [0.4, 0.5) is 8.78 Å². The zero-order valence-corrected chi connectivity index (χ0v) is 15.8. The Morgan fingerprint density at radius 1 is 1.35 bits per heavy atom. The molecule has 1 aliphatic carbocycles. The number of hydrogen-bond acceptors (Lipinski definition) is 6. The van der Waals surface area contributed by atoms with E-state index in [0.717, 1.165) is 12.1 Å². The lowest BCUT2D eigenvalue weighted by Gasteiger charge is -2.09. The van der Waals surface area contributed by atoms with Gasteiger partial charge in [0, 0.05) is 18.5 Å². The van der Waals surface area contributed by atoms with Crippen molar-refractivity contribution >= 4 is 22.4 Å². The molecule has 2 aromatic rings. The molecule has 1 aliphatic rings. The molecule has 0 radical (unpaired) electrons. The van der Waals surface area contributed by atoms with E-state index in [0.29, 0.717) is 19.3 Å². The van der Waals surface area contributed by atoms with E-state index < -0.39 is 38.0 Å². The highest BCUT2D eigenvalue weighted by atomic mass is 35.5. The largest absolute Gasteiger partial charge is 0.334 e. The zero-order valence-electron chi connectivity index (χ0n) is 14.1. The summed E-state index contributed by atoms with van der Waals surface area (Å²) in [6, 6.07) is 1.60. The third-order valence-corrected chi connectivity index (χ3v) is 5.45. The summed E-state index contributed by atoms with van der Waals surface area (Å²) >= 11 is 0. The molecule has 1 saturated carbocycles. The summed E-state index contributed by atoms with van der Waals surface area (Å²) in [7, 11) is -2.33. The van der Waals surface area contributed by atoms with E-state index in [4.69, 9.17) is 4.52 Å². The highest BCUT2D eigenvalue weighted by Crippen LogP contribution is 2.30. The Morgan fingerprint density at radius 2 is 2.04 bits per heavy atom. The molecule has 3 rings (SSSR count). The highest BCUT2D eigenvalue weighted by molar-refractivity contribution is 7.89. The smallest absolute Gasteiger partial charge is 0.263 e. The molecule has 0 aliphatic heterocycles. The van der Waals surface area contributed by atoms with Crippen LogP contribution < -0.4 is 10.0 Å².